The van der Waals surface area contributed by atoms with Gasteiger partial charge in [0, 0.05) is 5.56 Å². The quantitative estimate of drug-likeness (QED) is 0.443. The van der Waals surface area contributed by atoms with Gasteiger partial charge in [-0.1, -0.05) is 12.1 Å². The van der Waals surface area contributed by atoms with Gasteiger partial charge in [-0.25, -0.2) is 4.79 Å². The van der Waals surface area contributed by atoms with Crippen molar-refractivity contribution in [3.05, 3.63) is 58.8 Å². The standard InChI is InChI=1S/C22H20O10/c1-29-11-8-6-10(7-9-11)18-19(14(23)12-4-2-3-5-13(12)30-18)31-22-17(26)15(24)16(25)20(32-22)21(27)28/h2-9,15-17,20,22,24-26H,1H3,(H,27,28)/t15-,16-,17+,20-,22?/m0/s1. The Bertz CT molecular complexity index is 1190. The van der Waals surface area contributed by atoms with Crippen LogP contribution in [0.25, 0.3) is 22.3 Å². The number of aliphatic hydroxyl groups excluding tert-OH is 3. The molecule has 0 radical (unpaired) electrons. The van der Waals surface area contributed by atoms with Gasteiger partial charge in [-0.15, -0.1) is 0 Å². The number of methoxy groups -OCH3 is 1. The molecule has 1 aliphatic heterocycles. The zero-order chi connectivity index (χ0) is 23.0. The first-order valence-electron chi connectivity index (χ1n) is 9.61. The number of carboxylic acids is 1. The predicted octanol–water partition coefficient (Wildman–Crippen LogP) is 0.740. The van der Waals surface area contributed by atoms with Crippen molar-refractivity contribution in [2.45, 2.75) is 30.7 Å². The van der Waals surface area contributed by atoms with Crippen molar-refractivity contribution in [2.24, 2.45) is 0 Å². The number of carboxylic acid groups (broad SMARTS) is 1. The summed E-state index contributed by atoms with van der Waals surface area (Å²) >= 11 is 0. The highest BCUT2D eigenvalue weighted by atomic mass is 16.7. The molecule has 1 aliphatic rings. The first kappa shape index (κ1) is 21.8. The fourth-order valence-corrected chi connectivity index (χ4v) is 3.43. The number of fused-ring (bicyclic) bond motifs is 1. The monoisotopic (exact) mass is 444 g/mol. The van der Waals surface area contributed by atoms with Crippen LogP contribution in [0.4, 0.5) is 0 Å². The van der Waals surface area contributed by atoms with Crippen molar-refractivity contribution in [3.63, 3.8) is 0 Å². The summed E-state index contributed by atoms with van der Waals surface area (Å²) in [7, 11) is 1.50. The summed E-state index contributed by atoms with van der Waals surface area (Å²) in [5, 5.41) is 39.7. The second-order valence-corrected chi connectivity index (χ2v) is 7.17. The summed E-state index contributed by atoms with van der Waals surface area (Å²) in [5.74, 6) is -1.37. The zero-order valence-electron chi connectivity index (χ0n) is 16.7. The average Bonchev–Trinajstić information content (AvgIpc) is 2.80. The largest absolute Gasteiger partial charge is 0.497 e. The molecular weight excluding hydrogens is 424 g/mol. The topological polar surface area (TPSA) is 156 Å². The van der Waals surface area contributed by atoms with Gasteiger partial charge in [0.25, 0.3) is 0 Å². The van der Waals surface area contributed by atoms with Crippen LogP contribution >= 0.6 is 0 Å². The highest BCUT2D eigenvalue weighted by molar-refractivity contribution is 5.82. The number of carbonyl (C=O) groups is 1. The van der Waals surface area contributed by atoms with Gasteiger partial charge < -0.3 is 39.1 Å². The van der Waals surface area contributed by atoms with Crippen molar-refractivity contribution in [1.82, 2.24) is 0 Å². The van der Waals surface area contributed by atoms with Gasteiger partial charge in [-0.2, -0.15) is 0 Å². The van der Waals surface area contributed by atoms with Crippen LogP contribution in [0.2, 0.25) is 0 Å². The second kappa shape index (κ2) is 8.60. The van der Waals surface area contributed by atoms with E-state index in [4.69, 9.17) is 18.6 Å². The Kier molecular flexibility index (Phi) is 5.85. The predicted molar refractivity (Wildman–Crippen MR) is 109 cm³/mol. The minimum absolute atomic E-state index is 0.000334. The Morgan fingerprint density at radius 1 is 0.969 bits per heavy atom. The SMILES string of the molecule is COc1ccc(-c2oc3ccccc3c(=O)c2OC2O[C@H](C(=O)O)[C@@H](O)[C@H](O)[C@H]2O)cc1. The van der Waals surface area contributed by atoms with Crippen LogP contribution in [-0.4, -0.2) is 64.2 Å². The number of aliphatic carboxylic acids is 1. The van der Waals surface area contributed by atoms with Crippen LogP contribution in [0.3, 0.4) is 0 Å². The van der Waals surface area contributed by atoms with Crippen LogP contribution in [0.5, 0.6) is 11.5 Å². The lowest BCUT2D eigenvalue weighted by Crippen LogP contribution is -2.61. The number of hydrogen-bond donors (Lipinski definition) is 4. The fourth-order valence-electron chi connectivity index (χ4n) is 3.43. The molecule has 4 N–H and O–H groups in total. The molecule has 1 aromatic heterocycles. The molecule has 1 unspecified atom stereocenters. The van der Waals surface area contributed by atoms with Crippen molar-refractivity contribution >= 4 is 16.9 Å². The fraction of sp³-hybridized carbons (Fsp3) is 0.273. The number of benzene rings is 2. The lowest BCUT2D eigenvalue weighted by molar-refractivity contribution is -0.271. The Hall–Kier alpha value is -3.44. The highest BCUT2D eigenvalue weighted by Gasteiger charge is 2.48. The van der Waals surface area contributed by atoms with E-state index in [1.54, 1.807) is 42.5 Å². The van der Waals surface area contributed by atoms with Gasteiger partial charge >= 0.3 is 5.97 Å². The number of para-hydroxylation sites is 1. The number of aliphatic hydroxyl groups is 3. The number of rotatable bonds is 5. The van der Waals surface area contributed by atoms with E-state index >= 15 is 0 Å². The molecule has 168 valence electrons. The summed E-state index contributed by atoms with van der Waals surface area (Å²) in [6, 6.07) is 12.9. The Labute approximate surface area is 180 Å². The minimum atomic E-state index is -1.89. The van der Waals surface area contributed by atoms with E-state index in [0.717, 1.165) is 0 Å². The maximum absolute atomic E-state index is 13.2. The molecule has 10 heteroatoms. The van der Waals surface area contributed by atoms with Crippen molar-refractivity contribution < 1.29 is 43.8 Å². The number of ether oxygens (including phenoxy) is 3. The number of hydrogen-bond acceptors (Lipinski definition) is 9. The Morgan fingerprint density at radius 2 is 1.66 bits per heavy atom. The van der Waals surface area contributed by atoms with Gasteiger partial charge in [0.1, 0.15) is 29.6 Å². The molecule has 4 rings (SSSR count). The molecule has 0 amide bonds. The first-order valence-corrected chi connectivity index (χ1v) is 9.61. The molecule has 0 bridgehead atoms. The van der Waals surface area contributed by atoms with Crippen LogP contribution in [0, 0.1) is 0 Å². The van der Waals surface area contributed by atoms with Gasteiger partial charge in [0.15, 0.2) is 11.9 Å². The maximum Gasteiger partial charge on any atom is 0.335 e. The normalized spacial score (nSPS) is 25.4. The molecule has 0 aliphatic carbocycles. The summed E-state index contributed by atoms with van der Waals surface area (Å²) in [5.41, 5.74) is 0.116. The molecule has 0 spiro atoms. The zero-order valence-corrected chi connectivity index (χ0v) is 16.7. The molecule has 1 saturated heterocycles. The van der Waals surface area contributed by atoms with Gasteiger partial charge in [-0.05, 0) is 36.4 Å². The summed E-state index contributed by atoms with van der Waals surface area (Å²) in [6.07, 6.45) is -9.26. The Morgan fingerprint density at radius 3 is 2.31 bits per heavy atom. The van der Waals surface area contributed by atoms with Gasteiger partial charge in [0.2, 0.25) is 17.5 Å². The third-order valence-corrected chi connectivity index (χ3v) is 5.16. The van der Waals surface area contributed by atoms with Crippen LogP contribution in [-0.2, 0) is 9.53 Å². The lowest BCUT2D eigenvalue weighted by atomic mass is 9.99. The second-order valence-electron chi connectivity index (χ2n) is 7.17. The van der Waals surface area contributed by atoms with Crippen LogP contribution < -0.4 is 14.9 Å². The molecule has 0 saturated carbocycles. The van der Waals surface area contributed by atoms with Crippen molar-refractivity contribution in [3.8, 4) is 22.8 Å². The van der Waals surface area contributed by atoms with Gasteiger partial charge in [0.05, 0.1) is 12.5 Å². The molecule has 2 aromatic carbocycles. The molecule has 32 heavy (non-hydrogen) atoms. The van der Waals surface area contributed by atoms with Crippen LogP contribution in [0.1, 0.15) is 0 Å². The highest BCUT2D eigenvalue weighted by Crippen LogP contribution is 2.34. The van der Waals surface area contributed by atoms with E-state index in [-0.39, 0.29) is 22.5 Å². The summed E-state index contributed by atoms with van der Waals surface area (Å²) in [6.45, 7) is 0. The molecule has 1 fully saturated rings. The first-order chi connectivity index (χ1) is 15.3. The van der Waals surface area contributed by atoms with Crippen molar-refractivity contribution in [2.75, 3.05) is 7.11 Å². The summed E-state index contributed by atoms with van der Waals surface area (Å²) in [4.78, 5) is 24.6. The molecular formula is C22H20O10. The van der Waals surface area contributed by atoms with Gasteiger partial charge in [-0.3, -0.25) is 4.79 Å². The summed E-state index contributed by atoms with van der Waals surface area (Å²) < 4.78 is 21.8. The van der Waals surface area contributed by atoms with Crippen molar-refractivity contribution in [1.29, 1.82) is 0 Å². The maximum atomic E-state index is 13.2. The van der Waals surface area contributed by atoms with E-state index in [1.165, 1.54) is 13.2 Å². The van der Waals surface area contributed by atoms with E-state index in [0.29, 0.717) is 11.3 Å². The molecule has 3 aromatic rings. The molecule has 2 heterocycles. The van der Waals surface area contributed by atoms with E-state index in [9.17, 15) is 30.0 Å². The van der Waals surface area contributed by atoms with Crippen LogP contribution in [0.15, 0.2) is 57.7 Å². The molecule has 10 nitrogen and oxygen atoms in total. The Balaban J connectivity index is 1.82. The third kappa shape index (κ3) is 3.80. The smallest absolute Gasteiger partial charge is 0.335 e. The van der Waals surface area contributed by atoms with E-state index in [1.807, 2.05) is 0 Å². The third-order valence-electron chi connectivity index (χ3n) is 5.16. The minimum Gasteiger partial charge on any atom is -0.497 e. The van der Waals surface area contributed by atoms with E-state index in [2.05, 4.69) is 0 Å². The average molecular weight is 444 g/mol. The lowest BCUT2D eigenvalue weighted by Gasteiger charge is -2.38. The molecule has 5 atom stereocenters. The van der Waals surface area contributed by atoms with E-state index < -0.39 is 42.1 Å².